The number of hydrogen-bond donors (Lipinski definition) is 1. The maximum atomic E-state index is 11.5. The normalized spacial score (nSPS) is 15.8. The maximum Gasteiger partial charge on any atom is 0.268 e. The van der Waals surface area contributed by atoms with E-state index in [-0.39, 0.29) is 5.91 Å². The fourth-order valence-electron chi connectivity index (χ4n) is 1.46. The van der Waals surface area contributed by atoms with Gasteiger partial charge in [0.05, 0.1) is 0 Å². The number of hydrazine groups is 1. The van der Waals surface area contributed by atoms with Gasteiger partial charge in [0.15, 0.2) is 0 Å². The molecule has 0 aromatic heterocycles. The molecular formula is C9H9BrN2O. The third-order valence-corrected chi connectivity index (χ3v) is 2.68. The topological polar surface area (TPSA) is 46.3 Å². The molecule has 2 rings (SSSR count). The molecule has 68 valence electrons. The van der Waals surface area contributed by atoms with Gasteiger partial charge in [-0.3, -0.25) is 9.80 Å². The first kappa shape index (κ1) is 8.72. The summed E-state index contributed by atoms with van der Waals surface area (Å²) in [5.41, 5.74) is 1.79. The number of fused-ring (bicyclic) bond motifs is 1. The molecule has 1 aromatic rings. The van der Waals surface area contributed by atoms with Crippen LogP contribution in [0.5, 0.6) is 0 Å². The summed E-state index contributed by atoms with van der Waals surface area (Å²) in [6.45, 7) is 0.605. The quantitative estimate of drug-likeness (QED) is 0.550. The monoisotopic (exact) mass is 240 g/mol. The SMILES string of the molecule is NN1CCc2ccc(Br)cc2C1=O. The molecular weight excluding hydrogens is 232 g/mol. The van der Waals surface area contributed by atoms with E-state index in [1.54, 1.807) is 0 Å². The lowest BCUT2D eigenvalue weighted by Crippen LogP contribution is -2.42. The number of nitrogens with zero attached hydrogens (tertiary/aromatic N) is 1. The van der Waals surface area contributed by atoms with Gasteiger partial charge in [0.1, 0.15) is 0 Å². The van der Waals surface area contributed by atoms with Crippen molar-refractivity contribution in [2.75, 3.05) is 6.54 Å². The van der Waals surface area contributed by atoms with E-state index < -0.39 is 0 Å². The molecule has 0 radical (unpaired) electrons. The van der Waals surface area contributed by atoms with Crippen LogP contribution in [0.2, 0.25) is 0 Å². The summed E-state index contributed by atoms with van der Waals surface area (Å²) in [7, 11) is 0. The van der Waals surface area contributed by atoms with E-state index in [0.29, 0.717) is 12.1 Å². The minimum absolute atomic E-state index is 0.0949. The number of carbonyl (C=O) groups excluding carboxylic acids is 1. The van der Waals surface area contributed by atoms with Gasteiger partial charge in [0.2, 0.25) is 0 Å². The Morgan fingerprint density at radius 1 is 1.46 bits per heavy atom. The molecule has 0 saturated carbocycles. The van der Waals surface area contributed by atoms with Crippen molar-refractivity contribution < 1.29 is 4.79 Å². The second-order valence-corrected chi connectivity index (χ2v) is 3.97. The number of halogens is 1. The minimum Gasteiger partial charge on any atom is -0.276 e. The average molecular weight is 241 g/mol. The molecule has 13 heavy (non-hydrogen) atoms. The molecule has 4 heteroatoms. The Morgan fingerprint density at radius 2 is 2.23 bits per heavy atom. The van der Waals surface area contributed by atoms with Gasteiger partial charge < -0.3 is 0 Å². The Morgan fingerprint density at radius 3 is 3.00 bits per heavy atom. The summed E-state index contributed by atoms with van der Waals surface area (Å²) in [5, 5.41) is 1.26. The lowest BCUT2D eigenvalue weighted by atomic mass is 10.0. The lowest BCUT2D eigenvalue weighted by Gasteiger charge is -2.23. The van der Waals surface area contributed by atoms with Gasteiger partial charge in [0, 0.05) is 16.6 Å². The molecule has 0 atom stereocenters. The molecule has 2 N–H and O–H groups in total. The highest BCUT2D eigenvalue weighted by Crippen LogP contribution is 2.21. The maximum absolute atomic E-state index is 11.5. The van der Waals surface area contributed by atoms with Crippen molar-refractivity contribution in [1.82, 2.24) is 5.01 Å². The molecule has 0 aliphatic carbocycles. The highest BCUT2D eigenvalue weighted by molar-refractivity contribution is 9.10. The van der Waals surface area contributed by atoms with E-state index in [9.17, 15) is 4.79 Å². The summed E-state index contributed by atoms with van der Waals surface area (Å²) in [6, 6.07) is 5.72. The summed E-state index contributed by atoms with van der Waals surface area (Å²) < 4.78 is 0.912. The van der Waals surface area contributed by atoms with Crippen LogP contribution in [0.3, 0.4) is 0 Å². The number of hydrogen-bond acceptors (Lipinski definition) is 2. The number of benzene rings is 1. The van der Waals surface area contributed by atoms with Crippen LogP contribution in [0.1, 0.15) is 15.9 Å². The lowest BCUT2D eigenvalue weighted by molar-refractivity contribution is 0.0739. The number of amides is 1. The predicted octanol–water partition coefficient (Wildman–Crippen LogP) is 1.32. The third kappa shape index (κ3) is 1.47. The van der Waals surface area contributed by atoms with E-state index >= 15 is 0 Å². The molecule has 1 aliphatic heterocycles. The number of carbonyl (C=O) groups is 1. The van der Waals surface area contributed by atoms with Gasteiger partial charge >= 0.3 is 0 Å². The van der Waals surface area contributed by atoms with Crippen LogP contribution in [0.4, 0.5) is 0 Å². The molecule has 0 saturated heterocycles. The zero-order valence-electron chi connectivity index (χ0n) is 6.96. The van der Waals surface area contributed by atoms with Gasteiger partial charge in [-0.15, -0.1) is 0 Å². The fraction of sp³-hybridized carbons (Fsp3) is 0.222. The van der Waals surface area contributed by atoms with Crippen LogP contribution in [-0.4, -0.2) is 17.5 Å². The zero-order valence-corrected chi connectivity index (χ0v) is 8.54. The smallest absolute Gasteiger partial charge is 0.268 e. The van der Waals surface area contributed by atoms with Crippen molar-refractivity contribution in [2.45, 2.75) is 6.42 Å². The van der Waals surface area contributed by atoms with Crippen molar-refractivity contribution in [2.24, 2.45) is 5.84 Å². The molecule has 0 bridgehead atoms. The van der Waals surface area contributed by atoms with Gasteiger partial charge in [-0.1, -0.05) is 22.0 Å². The van der Waals surface area contributed by atoms with Crippen molar-refractivity contribution in [3.8, 4) is 0 Å². The van der Waals surface area contributed by atoms with Crippen molar-refractivity contribution in [3.63, 3.8) is 0 Å². The molecule has 1 amide bonds. The van der Waals surface area contributed by atoms with E-state index in [1.165, 1.54) is 5.01 Å². The zero-order chi connectivity index (χ0) is 9.42. The largest absolute Gasteiger partial charge is 0.276 e. The van der Waals surface area contributed by atoms with Crippen molar-refractivity contribution in [1.29, 1.82) is 0 Å². The Kier molecular flexibility index (Phi) is 2.09. The van der Waals surface area contributed by atoms with Gasteiger partial charge in [-0.25, -0.2) is 5.84 Å². The molecule has 0 fully saturated rings. The first-order chi connectivity index (χ1) is 6.18. The van der Waals surface area contributed by atoms with Gasteiger partial charge in [-0.2, -0.15) is 0 Å². The average Bonchev–Trinajstić information content (AvgIpc) is 2.12. The molecule has 3 nitrogen and oxygen atoms in total. The highest BCUT2D eigenvalue weighted by Gasteiger charge is 2.21. The van der Waals surface area contributed by atoms with Gasteiger partial charge in [-0.05, 0) is 24.1 Å². The second-order valence-electron chi connectivity index (χ2n) is 3.05. The second kappa shape index (κ2) is 3.12. The van der Waals surface area contributed by atoms with Crippen molar-refractivity contribution in [3.05, 3.63) is 33.8 Å². The van der Waals surface area contributed by atoms with Crippen LogP contribution < -0.4 is 5.84 Å². The molecule has 1 aromatic carbocycles. The van der Waals surface area contributed by atoms with Crippen LogP contribution in [0.25, 0.3) is 0 Å². The highest BCUT2D eigenvalue weighted by atomic mass is 79.9. The molecule has 1 heterocycles. The van der Waals surface area contributed by atoms with Crippen LogP contribution in [0.15, 0.2) is 22.7 Å². The van der Waals surface area contributed by atoms with Crippen LogP contribution in [-0.2, 0) is 6.42 Å². The Labute approximate surface area is 84.6 Å². The van der Waals surface area contributed by atoms with Crippen LogP contribution in [0, 0.1) is 0 Å². The minimum atomic E-state index is -0.0949. The van der Waals surface area contributed by atoms with Crippen molar-refractivity contribution >= 4 is 21.8 Å². The standard InChI is InChI=1S/C9H9BrN2O/c10-7-2-1-6-3-4-12(11)9(13)8(6)5-7/h1-2,5H,3-4,11H2. The number of nitrogens with two attached hydrogens (primary N) is 1. The van der Waals surface area contributed by atoms with E-state index in [0.717, 1.165) is 16.5 Å². The predicted molar refractivity (Wildman–Crippen MR) is 53.1 cm³/mol. The van der Waals surface area contributed by atoms with E-state index in [2.05, 4.69) is 15.9 Å². The van der Waals surface area contributed by atoms with E-state index in [4.69, 9.17) is 5.84 Å². The first-order valence-corrected chi connectivity index (χ1v) is 4.83. The summed E-state index contributed by atoms with van der Waals surface area (Å²) in [5.74, 6) is 5.42. The van der Waals surface area contributed by atoms with Crippen LogP contribution >= 0.6 is 15.9 Å². The summed E-state index contributed by atoms with van der Waals surface area (Å²) in [4.78, 5) is 11.5. The van der Waals surface area contributed by atoms with E-state index in [1.807, 2.05) is 18.2 Å². The number of rotatable bonds is 0. The Hall–Kier alpha value is -0.870. The van der Waals surface area contributed by atoms with Gasteiger partial charge in [0.25, 0.3) is 5.91 Å². The fourth-order valence-corrected chi connectivity index (χ4v) is 1.82. The Balaban J connectivity index is 2.51. The first-order valence-electron chi connectivity index (χ1n) is 4.03. The summed E-state index contributed by atoms with van der Waals surface area (Å²) in [6.07, 6.45) is 0.838. The summed E-state index contributed by atoms with van der Waals surface area (Å²) >= 11 is 3.33. The molecule has 0 unspecified atom stereocenters. The third-order valence-electron chi connectivity index (χ3n) is 2.19. The Bertz CT molecular complexity index is 365. The molecule has 1 aliphatic rings. The molecule has 0 spiro atoms.